The Balaban J connectivity index is 0.000000249. The molecule has 3 aromatic carbocycles. The van der Waals surface area contributed by atoms with Gasteiger partial charge in [0.05, 0.1) is 5.76 Å². The van der Waals surface area contributed by atoms with Crippen molar-refractivity contribution >= 4 is 27.5 Å². The molecule has 1 aliphatic rings. The fourth-order valence-electron chi connectivity index (χ4n) is 6.45. The van der Waals surface area contributed by atoms with Gasteiger partial charge in [-0.1, -0.05) is 107 Å². The Morgan fingerprint density at radius 2 is 1.51 bits per heavy atom. The number of rotatable bonds is 8. The van der Waals surface area contributed by atoms with Gasteiger partial charge in [0.25, 0.3) is 0 Å². The van der Waals surface area contributed by atoms with E-state index in [1.807, 2.05) is 46.2 Å². The van der Waals surface area contributed by atoms with Gasteiger partial charge in [-0.2, -0.15) is 0 Å². The Kier molecular flexibility index (Phi) is 11.1. The van der Waals surface area contributed by atoms with Crippen molar-refractivity contribution in [3.63, 3.8) is 0 Å². The van der Waals surface area contributed by atoms with Crippen LogP contribution in [0.15, 0.2) is 91.0 Å². The second kappa shape index (κ2) is 14.6. The first kappa shape index (κ1) is 34.2. The van der Waals surface area contributed by atoms with Gasteiger partial charge in [-0.25, -0.2) is 0 Å². The van der Waals surface area contributed by atoms with Crippen LogP contribution in [0.3, 0.4) is 0 Å². The second-order valence-electron chi connectivity index (χ2n) is 12.3. The molecule has 45 heavy (non-hydrogen) atoms. The molecule has 0 saturated carbocycles. The maximum absolute atomic E-state index is 11.7. The molecule has 0 fully saturated rings. The molecule has 1 N–H and O–H groups in total. The van der Waals surface area contributed by atoms with Crippen LogP contribution in [0.4, 0.5) is 0 Å². The van der Waals surface area contributed by atoms with Gasteiger partial charge in [0.2, 0.25) is 0 Å². The summed E-state index contributed by atoms with van der Waals surface area (Å²) >= 11 is 0. The van der Waals surface area contributed by atoms with Crippen molar-refractivity contribution in [2.24, 2.45) is 11.8 Å². The minimum absolute atomic E-state index is 0. The van der Waals surface area contributed by atoms with E-state index in [0.717, 1.165) is 47.8 Å². The first-order valence-corrected chi connectivity index (χ1v) is 16.0. The smallest absolute Gasteiger partial charge is 0.162 e. The molecular weight excluding hydrogens is 733 g/mol. The van der Waals surface area contributed by atoms with Crippen LogP contribution in [0.5, 0.6) is 0 Å². The standard InChI is InChI=1S/C27H19N2.C13H24O2.Ir/c1-27(2)22-16-24-18(9-6-11-28-24)14-21(22)26-25-19(10-12-29-26)13-20(15-23(25)27)17-7-4-3-5-8-17;1-5-10(6-2)12(14)9-13(15)11(7-3)8-4;/h3-13,15-16H,1-2H3;9-11,14H,5-8H2,1-4H3;/q-1;;/b;12-9-;. The molecule has 0 atom stereocenters. The van der Waals surface area contributed by atoms with Crippen molar-refractivity contribution in [1.29, 1.82) is 0 Å². The monoisotopic (exact) mass is 776 g/mol. The number of pyridine rings is 2. The second-order valence-corrected chi connectivity index (χ2v) is 12.3. The van der Waals surface area contributed by atoms with E-state index < -0.39 is 0 Å². The molecule has 2 heterocycles. The van der Waals surface area contributed by atoms with Crippen LogP contribution in [-0.4, -0.2) is 20.9 Å². The zero-order valence-corrected chi connectivity index (χ0v) is 29.5. The summed E-state index contributed by atoms with van der Waals surface area (Å²) in [6.07, 6.45) is 8.67. The molecule has 2 aromatic heterocycles. The van der Waals surface area contributed by atoms with Crippen molar-refractivity contribution < 1.29 is 30.0 Å². The van der Waals surface area contributed by atoms with Gasteiger partial charge < -0.3 is 5.11 Å². The van der Waals surface area contributed by atoms with Gasteiger partial charge >= 0.3 is 0 Å². The summed E-state index contributed by atoms with van der Waals surface area (Å²) in [5.74, 6) is 0.547. The fourth-order valence-corrected chi connectivity index (χ4v) is 6.45. The third kappa shape index (κ3) is 6.81. The maximum Gasteiger partial charge on any atom is 0.162 e. The van der Waals surface area contributed by atoms with E-state index >= 15 is 0 Å². The van der Waals surface area contributed by atoms with Crippen LogP contribution in [-0.2, 0) is 30.3 Å². The largest absolute Gasteiger partial charge is 0.512 e. The minimum Gasteiger partial charge on any atom is -0.512 e. The molecule has 0 saturated heterocycles. The molecule has 0 amide bonds. The number of aliphatic hydroxyl groups excluding tert-OH is 1. The number of carbonyl (C=O) groups excluding carboxylic acids is 1. The normalized spacial score (nSPS) is 13.3. The quantitative estimate of drug-likeness (QED) is 0.0969. The number of aromatic nitrogens is 2. The summed E-state index contributed by atoms with van der Waals surface area (Å²) < 4.78 is 0. The summed E-state index contributed by atoms with van der Waals surface area (Å²) in [6.45, 7) is 12.7. The van der Waals surface area contributed by atoms with E-state index in [1.54, 1.807) is 0 Å². The summed E-state index contributed by atoms with van der Waals surface area (Å²) in [5, 5.41) is 13.3. The van der Waals surface area contributed by atoms with Crippen molar-refractivity contribution in [3.8, 4) is 22.4 Å². The first-order valence-electron chi connectivity index (χ1n) is 16.0. The Morgan fingerprint density at radius 3 is 2.18 bits per heavy atom. The zero-order chi connectivity index (χ0) is 31.4. The van der Waals surface area contributed by atoms with E-state index in [2.05, 4.69) is 85.6 Å². The summed E-state index contributed by atoms with van der Waals surface area (Å²) in [5.41, 5.74) is 7.96. The van der Waals surface area contributed by atoms with Crippen LogP contribution < -0.4 is 0 Å². The van der Waals surface area contributed by atoms with Gasteiger partial charge in [-0.3, -0.25) is 14.8 Å². The van der Waals surface area contributed by atoms with Gasteiger partial charge in [-0.05, 0) is 76.2 Å². The number of hydrogen-bond acceptors (Lipinski definition) is 4. The summed E-state index contributed by atoms with van der Waals surface area (Å²) in [6, 6.07) is 27.2. The summed E-state index contributed by atoms with van der Waals surface area (Å²) in [7, 11) is 0. The third-order valence-corrected chi connectivity index (χ3v) is 9.28. The van der Waals surface area contributed by atoms with Crippen molar-refractivity contribution in [2.45, 2.75) is 72.6 Å². The number of fused-ring (bicyclic) bond motifs is 3. The number of nitrogens with zero attached hydrogens (tertiary/aromatic N) is 2. The average molecular weight is 776 g/mol. The predicted molar refractivity (Wildman–Crippen MR) is 183 cm³/mol. The van der Waals surface area contributed by atoms with Crippen molar-refractivity contribution in [2.75, 3.05) is 0 Å². The average Bonchev–Trinajstić information content (AvgIpc) is 3.04. The molecule has 5 heteroatoms. The van der Waals surface area contributed by atoms with Crippen molar-refractivity contribution in [3.05, 3.63) is 108 Å². The first-order chi connectivity index (χ1) is 21.2. The van der Waals surface area contributed by atoms with Gasteiger partial charge in [0.15, 0.2) is 5.78 Å². The zero-order valence-electron chi connectivity index (χ0n) is 27.1. The molecule has 0 spiro atoms. The Hall–Kier alpha value is -3.66. The molecule has 0 aliphatic heterocycles. The molecule has 0 bridgehead atoms. The Labute approximate surface area is 281 Å². The molecule has 1 aliphatic carbocycles. The van der Waals surface area contributed by atoms with Crippen LogP contribution in [0, 0.1) is 17.9 Å². The van der Waals surface area contributed by atoms with Gasteiger partial charge in [-0.15, -0.1) is 12.1 Å². The van der Waals surface area contributed by atoms with Crippen LogP contribution in [0.25, 0.3) is 44.1 Å². The Morgan fingerprint density at radius 1 is 0.822 bits per heavy atom. The minimum atomic E-state index is -0.170. The Bertz CT molecular complexity index is 1820. The van der Waals surface area contributed by atoms with E-state index in [1.165, 1.54) is 39.1 Å². The SMILES string of the molecule is CC1(C)c2cc3ncccc3[c-]c2-c2nccc3cc(-c4ccccc4)cc1c23.CCC(CC)C(=O)/C=C(\O)C(CC)CC.[Ir]. The molecule has 4 nitrogen and oxygen atoms in total. The molecule has 5 aromatic rings. The summed E-state index contributed by atoms with van der Waals surface area (Å²) in [4.78, 5) is 21.1. The molecular formula is C40H43IrN2O2-. The van der Waals surface area contributed by atoms with E-state index in [4.69, 9.17) is 4.98 Å². The number of allylic oxidation sites excluding steroid dienone is 2. The molecule has 1 radical (unpaired) electrons. The number of hydrogen-bond donors (Lipinski definition) is 1. The van der Waals surface area contributed by atoms with Crippen LogP contribution in [0.2, 0.25) is 0 Å². The number of benzene rings is 3. The number of ketones is 1. The maximum atomic E-state index is 11.7. The van der Waals surface area contributed by atoms with Crippen LogP contribution >= 0.6 is 0 Å². The molecule has 6 rings (SSSR count). The van der Waals surface area contributed by atoms with Crippen molar-refractivity contribution in [1.82, 2.24) is 9.97 Å². The van der Waals surface area contributed by atoms with E-state index in [-0.39, 0.29) is 48.9 Å². The number of aliphatic hydroxyl groups is 1. The molecule has 235 valence electrons. The van der Waals surface area contributed by atoms with E-state index in [9.17, 15) is 9.90 Å². The molecule has 0 unspecified atom stereocenters. The van der Waals surface area contributed by atoms with Gasteiger partial charge in [0, 0.05) is 56.1 Å². The topological polar surface area (TPSA) is 63.1 Å². The third-order valence-electron chi connectivity index (χ3n) is 9.28. The predicted octanol–water partition coefficient (Wildman–Crippen LogP) is 10.4. The van der Waals surface area contributed by atoms with Crippen LogP contribution in [0.1, 0.15) is 78.4 Å². The number of carbonyl (C=O) groups is 1. The van der Waals surface area contributed by atoms with Gasteiger partial charge in [0.1, 0.15) is 0 Å². The van der Waals surface area contributed by atoms with E-state index in [0.29, 0.717) is 0 Å². The fraction of sp³-hybridized carbons (Fsp3) is 0.325.